The molecule has 0 bridgehead atoms. The topological polar surface area (TPSA) is 77.0 Å². The molecule has 1 fully saturated rings. The van der Waals surface area contributed by atoms with Gasteiger partial charge >= 0.3 is 6.03 Å². The summed E-state index contributed by atoms with van der Waals surface area (Å²) in [5.74, 6) is 0.295. The van der Waals surface area contributed by atoms with Crippen molar-refractivity contribution >= 4 is 17.9 Å². The number of hydrogen-bond acceptors (Lipinski definition) is 5. The number of nitrogens with one attached hydrogen (secondary N) is 2. The smallest absolute Gasteiger partial charge is 0.325 e. The van der Waals surface area contributed by atoms with Crippen molar-refractivity contribution in [1.82, 2.24) is 20.4 Å². The summed E-state index contributed by atoms with van der Waals surface area (Å²) in [6.45, 7) is 2.57. The number of nitrogens with zero attached hydrogens (tertiary/aromatic N) is 3. The van der Waals surface area contributed by atoms with E-state index in [2.05, 4.69) is 17.6 Å². The minimum Gasteiger partial charge on any atom is -0.350 e. The molecule has 0 saturated carbocycles. The van der Waals surface area contributed by atoms with Gasteiger partial charge in [-0.1, -0.05) is 60.7 Å². The van der Waals surface area contributed by atoms with Crippen LogP contribution < -0.4 is 10.6 Å². The van der Waals surface area contributed by atoms with Crippen molar-refractivity contribution in [3.63, 3.8) is 0 Å². The van der Waals surface area contributed by atoms with E-state index in [0.717, 1.165) is 11.1 Å². The summed E-state index contributed by atoms with van der Waals surface area (Å²) in [5, 5.41) is 5.86. The Labute approximate surface area is 164 Å². The summed E-state index contributed by atoms with van der Waals surface area (Å²) in [5.41, 5.74) is 2.19. The Hall–Kier alpha value is -3.35. The molecular formula is C21H23N5O2. The number of aliphatic imine (C=N–C) groups is 1. The molecule has 3 amide bonds. The molecule has 28 heavy (non-hydrogen) atoms. The van der Waals surface area contributed by atoms with Crippen molar-refractivity contribution in [3.05, 3.63) is 71.8 Å². The number of imide groups is 1. The van der Waals surface area contributed by atoms with E-state index in [9.17, 15) is 9.59 Å². The van der Waals surface area contributed by atoms with Crippen LogP contribution in [0.25, 0.3) is 0 Å². The zero-order valence-electron chi connectivity index (χ0n) is 15.9. The minimum absolute atomic E-state index is 0.00226. The average Bonchev–Trinajstić information content (AvgIpc) is 3.06. The van der Waals surface area contributed by atoms with Crippen LogP contribution in [0.5, 0.6) is 0 Å². The molecule has 3 atom stereocenters. The van der Waals surface area contributed by atoms with Crippen LogP contribution in [0.2, 0.25) is 0 Å². The SMILES string of the molecule is CC(NC1=NC2C(C(=O)NC(=O)N2C)N1Cc1ccccc1)c1ccccc1. The van der Waals surface area contributed by atoms with E-state index in [-0.39, 0.29) is 11.9 Å². The summed E-state index contributed by atoms with van der Waals surface area (Å²) < 4.78 is 0. The average molecular weight is 377 g/mol. The predicted octanol–water partition coefficient (Wildman–Crippen LogP) is 2.09. The maximum atomic E-state index is 12.6. The molecule has 1 saturated heterocycles. The van der Waals surface area contributed by atoms with Crippen LogP contribution in [0.4, 0.5) is 4.79 Å². The molecule has 2 aromatic rings. The van der Waals surface area contributed by atoms with E-state index in [0.29, 0.717) is 12.5 Å². The lowest BCUT2D eigenvalue weighted by Gasteiger charge is -2.36. The number of hydrogen-bond donors (Lipinski definition) is 2. The second kappa shape index (κ2) is 7.34. The number of likely N-dealkylation sites (N-methyl/N-ethyl adjacent to an activating group) is 1. The zero-order valence-corrected chi connectivity index (χ0v) is 15.9. The molecule has 0 aromatic heterocycles. The Morgan fingerprint density at radius 2 is 1.71 bits per heavy atom. The number of fused-ring (bicyclic) bond motifs is 1. The molecular weight excluding hydrogens is 354 g/mol. The molecule has 7 nitrogen and oxygen atoms in total. The largest absolute Gasteiger partial charge is 0.350 e. The molecule has 7 heteroatoms. The van der Waals surface area contributed by atoms with Gasteiger partial charge in [0.25, 0.3) is 5.91 Å². The van der Waals surface area contributed by atoms with Gasteiger partial charge in [-0.2, -0.15) is 0 Å². The molecule has 2 aromatic carbocycles. The highest BCUT2D eigenvalue weighted by atomic mass is 16.2. The summed E-state index contributed by atoms with van der Waals surface area (Å²) in [4.78, 5) is 32.8. The quantitative estimate of drug-likeness (QED) is 0.855. The van der Waals surface area contributed by atoms with Crippen LogP contribution in [0.3, 0.4) is 0 Å². The molecule has 0 radical (unpaired) electrons. The first-order valence-corrected chi connectivity index (χ1v) is 9.32. The normalized spacial score (nSPS) is 22.4. The van der Waals surface area contributed by atoms with E-state index in [1.54, 1.807) is 7.05 Å². The molecule has 0 aliphatic carbocycles. The van der Waals surface area contributed by atoms with E-state index >= 15 is 0 Å². The van der Waals surface area contributed by atoms with Gasteiger partial charge in [-0.3, -0.25) is 10.1 Å². The van der Waals surface area contributed by atoms with Gasteiger partial charge in [-0.25, -0.2) is 9.79 Å². The Morgan fingerprint density at radius 3 is 2.39 bits per heavy atom. The van der Waals surface area contributed by atoms with Gasteiger partial charge in [0.2, 0.25) is 0 Å². The van der Waals surface area contributed by atoms with Gasteiger partial charge < -0.3 is 15.1 Å². The van der Waals surface area contributed by atoms with Crippen molar-refractivity contribution in [3.8, 4) is 0 Å². The highest BCUT2D eigenvalue weighted by Gasteiger charge is 2.48. The van der Waals surface area contributed by atoms with Crippen LogP contribution >= 0.6 is 0 Å². The van der Waals surface area contributed by atoms with Crippen LogP contribution in [0, 0.1) is 0 Å². The maximum Gasteiger partial charge on any atom is 0.325 e. The van der Waals surface area contributed by atoms with Crippen molar-refractivity contribution in [2.24, 2.45) is 4.99 Å². The highest BCUT2D eigenvalue weighted by Crippen LogP contribution is 2.26. The van der Waals surface area contributed by atoms with E-state index in [4.69, 9.17) is 4.99 Å². The summed E-state index contributed by atoms with van der Waals surface area (Å²) >= 11 is 0. The lowest BCUT2D eigenvalue weighted by atomic mass is 10.1. The van der Waals surface area contributed by atoms with Gasteiger partial charge in [0.1, 0.15) is 0 Å². The van der Waals surface area contributed by atoms with Gasteiger partial charge in [-0.05, 0) is 18.1 Å². The molecule has 2 N–H and O–H groups in total. The van der Waals surface area contributed by atoms with Crippen molar-refractivity contribution in [1.29, 1.82) is 0 Å². The second-order valence-corrected chi connectivity index (χ2v) is 7.11. The lowest BCUT2D eigenvalue weighted by Crippen LogP contribution is -2.64. The highest BCUT2D eigenvalue weighted by molar-refractivity contribution is 6.03. The third kappa shape index (κ3) is 3.31. The molecule has 4 rings (SSSR count). The third-order valence-corrected chi connectivity index (χ3v) is 5.20. The fraction of sp³-hybridized carbons (Fsp3) is 0.286. The zero-order chi connectivity index (χ0) is 19.7. The standard InChI is InChI=1S/C21H23N5O2/c1-14(16-11-7-4-8-12-16)22-20-23-18-17(19(27)24-21(28)25(18)2)26(20)13-15-9-5-3-6-10-15/h3-12,14,17-18H,13H2,1-2H3,(H,22,23)(H,24,27,28). The Bertz CT molecular complexity index is 900. The number of urea groups is 1. The van der Waals surface area contributed by atoms with Gasteiger partial charge in [-0.15, -0.1) is 0 Å². The Kier molecular flexibility index (Phi) is 4.73. The molecule has 2 heterocycles. The number of carbonyl (C=O) groups excluding carboxylic acids is 2. The predicted molar refractivity (Wildman–Crippen MR) is 106 cm³/mol. The second-order valence-electron chi connectivity index (χ2n) is 7.11. The first-order valence-electron chi connectivity index (χ1n) is 9.32. The fourth-order valence-corrected chi connectivity index (χ4v) is 3.62. The van der Waals surface area contributed by atoms with Crippen LogP contribution in [-0.2, 0) is 11.3 Å². The number of amides is 3. The minimum atomic E-state index is -0.562. The van der Waals surface area contributed by atoms with Crippen LogP contribution in [-0.4, -0.2) is 47.0 Å². The Morgan fingerprint density at radius 1 is 1.07 bits per heavy atom. The molecule has 2 aliphatic rings. The fourth-order valence-electron chi connectivity index (χ4n) is 3.62. The number of carbonyl (C=O) groups is 2. The van der Waals surface area contributed by atoms with Crippen LogP contribution in [0.15, 0.2) is 65.7 Å². The van der Waals surface area contributed by atoms with Gasteiger partial charge in [0, 0.05) is 13.6 Å². The first-order chi connectivity index (χ1) is 13.5. The van der Waals surface area contributed by atoms with Crippen molar-refractivity contribution < 1.29 is 9.59 Å². The summed E-state index contributed by atoms with van der Waals surface area (Å²) in [7, 11) is 1.66. The van der Waals surface area contributed by atoms with Crippen molar-refractivity contribution in [2.75, 3.05) is 7.05 Å². The summed E-state index contributed by atoms with van der Waals surface area (Å²) in [6.07, 6.45) is -0.546. The number of benzene rings is 2. The monoisotopic (exact) mass is 377 g/mol. The van der Waals surface area contributed by atoms with E-state index in [1.807, 2.05) is 65.6 Å². The molecule has 2 aliphatic heterocycles. The van der Waals surface area contributed by atoms with E-state index < -0.39 is 18.2 Å². The van der Waals surface area contributed by atoms with Gasteiger partial charge in [0.05, 0.1) is 6.04 Å². The third-order valence-electron chi connectivity index (χ3n) is 5.20. The lowest BCUT2D eigenvalue weighted by molar-refractivity contribution is -0.127. The Balaban J connectivity index is 1.64. The summed E-state index contributed by atoms with van der Waals surface area (Å²) in [6, 6.07) is 19.0. The number of rotatable bonds is 4. The van der Waals surface area contributed by atoms with E-state index in [1.165, 1.54) is 4.90 Å². The molecule has 144 valence electrons. The maximum absolute atomic E-state index is 12.6. The molecule has 3 unspecified atom stereocenters. The first kappa shape index (κ1) is 18.0. The van der Waals surface area contributed by atoms with Crippen LogP contribution in [0.1, 0.15) is 24.1 Å². The molecule has 0 spiro atoms. The number of guanidine groups is 1. The van der Waals surface area contributed by atoms with Gasteiger partial charge in [0.15, 0.2) is 18.2 Å². The van der Waals surface area contributed by atoms with Crippen molar-refractivity contribution in [2.45, 2.75) is 31.7 Å².